The van der Waals surface area contributed by atoms with Gasteiger partial charge in [0.05, 0.1) is 17.8 Å². The van der Waals surface area contributed by atoms with Crippen molar-refractivity contribution in [3.63, 3.8) is 0 Å². The third-order valence-corrected chi connectivity index (χ3v) is 6.23. The number of hydrogen-bond acceptors (Lipinski definition) is 4. The molecule has 0 radical (unpaired) electrons. The lowest BCUT2D eigenvalue weighted by Gasteiger charge is -2.12. The molecule has 174 valence electrons. The van der Waals surface area contributed by atoms with Crippen LogP contribution >= 0.6 is 0 Å². The number of aromatic nitrogens is 4. The molecule has 35 heavy (non-hydrogen) atoms. The molecule has 5 rings (SSSR count). The van der Waals surface area contributed by atoms with E-state index in [-0.39, 0.29) is 5.56 Å². The molecule has 6 heteroatoms. The number of aryl methyl sites for hydroxylation is 3. The van der Waals surface area contributed by atoms with Crippen molar-refractivity contribution < 1.29 is 9.90 Å². The number of rotatable bonds is 6. The number of pyridine rings is 2. The summed E-state index contributed by atoms with van der Waals surface area (Å²) in [6, 6.07) is 21.2. The van der Waals surface area contributed by atoms with E-state index in [0.29, 0.717) is 12.1 Å². The Morgan fingerprint density at radius 2 is 1.71 bits per heavy atom. The summed E-state index contributed by atoms with van der Waals surface area (Å²) >= 11 is 0. The predicted octanol–water partition coefficient (Wildman–Crippen LogP) is 6.09. The Balaban J connectivity index is 1.52. The molecule has 0 spiro atoms. The first kappa shape index (κ1) is 22.5. The zero-order valence-corrected chi connectivity index (χ0v) is 20.0. The van der Waals surface area contributed by atoms with Gasteiger partial charge in [0.2, 0.25) is 0 Å². The molecule has 3 aromatic heterocycles. The van der Waals surface area contributed by atoms with Crippen LogP contribution in [0, 0.1) is 13.8 Å². The van der Waals surface area contributed by atoms with E-state index in [0.717, 1.165) is 57.1 Å². The van der Waals surface area contributed by atoms with E-state index < -0.39 is 5.97 Å². The van der Waals surface area contributed by atoms with Gasteiger partial charge in [0, 0.05) is 23.9 Å². The number of carboxylic acids is 1. The molecule has 0 unspecified atom stereocenters. The molecular weight excluding hydrogens is 436 g/mol. The molecule has 0 amide bonds. The van der Waals surface area contributed by atoms with Crippen LogP contribution in [-0.2, 0) is 13.0 Å². The standard InChI is InChI=1S/C29H26N4O2/c1-4-26-32-27-18(2)15-19(3)31-28(27)33(26)17-20-8-10-21(11-9-20)24-16-22(12-13-23(24)29(34)35)25-7-5-6-14-30-25/h5-16H,4,17H2,1-3H3,(H,34,35). The maximum absolute atomic E-state index is 11.9. The maximum atomic E-state index is 11.9. The quantitative estimate of drug-likeness (QED) is 0.330. The number of imidazole rings is 1. The number of fused-ring (bicyclic) bond motifs is 1. The first-order chi connectivity index (χ1) is 16.9. The molecule has 1 N–H and O–H groups in total. The topological polar surface area (TPSA) is 80.9 Å². The second-order valence-electron chi connectivity index (χ2n) is 8.70. The first-order valence-corrected chi connectivity index (χ1v) is 11.7. The van der Waals surface area contributed by atoms with Crippen molar-refractivity contribution >= 4 is 17.1 Å². The van der Waals surface area contributed by atoms with Gasteiger partial charge in [-0.15, -0.1) is 0 Å². The molecule has 0 bridgehead atoms. The fourth-order valence-corrected chi connectivity index (χ4v) is 4.52. The van der Waals surface area contributed by atoms with Gasteiger partial charge in [-0.25, -0.2) is 14.8 Å². The van der Waals surface area contributed by atoms with Crippen LogP contribution in [-0.4, -0.2) is 30.6 Å². The summed E-state index contributed by atoms with van der Waals surface area (Å²) in [7, 11) is 0. The van der Waals surface area contributed by atoms with Crippen LogP contribution < -0.4 is 0 Å². The highest BCUT2D eigenvalue weighted by Gasteiger charge is 2.16. The van der Waals surface area contributed by atoms with Crippen molar-refractivity contribution in [2.24, 2.45) is 0 Å². The monoisotopic (exact) mass is 462 g/mol. The Bertz CT molecular complexity index is 1540. The molecular formula is C29H26N4O2. The van der Waals surface area contributed by atoms with E-state index in [4.69, 9.17) is 9.97 Å². The lowest BCUT2D eigenvalue weighted by molar-refractivity contribution is 0.0697. The lowest BCUT2D eigenvalue weighted by Crippen LogP contribution is -2.06. The number of benzene rings is 2. The van der Waals surface area contributed by atoms with Crippen molar-refractivity contribution in [3.8, 4) is 22.4 Å². The highest BCUT2D eigenvalue weighted by molar-refractivity contribution is 5.97. The number of aromatic carboxylic acids is 1. The van der Waals surface area contributed by atoms with E-state index in [1.54, 1.807) is 18.3 Å². The molecule has 5 aromatic rings. The minimum atomic E-state index is -0.953. The van der Waals surface area contributed by atoms with Crippen molar-refractivity contribution in [2.75, 3.05) is 0 Å². The second kappa shape index (κ2) is 9.14. The zero-order chi connectivity index (χ0) is 24.5. The molecule has 0 aliphatic rings. The minimum Gasteiger partial charge on any atom is -0.478 e. The lowest BCUT2D eigenvalue weighted by atomic mass is 9.95. The summed E-state index contributed by atoms with van der Waals surface area (Å²) in [4.78, 5) is 25.9. The number of nitrogens with zero attached hydrogens (tertiary/aromatic N) is 4. The van der Waals surface area contributed by atoms with Crippen molar-refractivity contribution in [1.82, 2.24) is 19.5 Å². The normalized spacial score (nSPS) is 11.2. The molecule has 0 atom stereocenters. The van der Waals surface area contributed by atoms with E-state index in [9.17, 15) is 9.90 Å². The number of hydrogen-bond donors (Lipinski definition) is 1. The first-order valence-electron chi connectivity index (χ1n) is 11.7. The van der Waals surface area contributed by atoms with E-state index in [1.165, 1.54) is 0 Å². The van der Waals surface area contributed by atoms with Gasteiger partial charge in [-0.05, 0) is 66.4 Å². The van der Waals surface area contributed by atoms with Crippen LogP contribution in [0.3, 0.4) is 0 Å². The van der Waals surface area contributed by atoms with Crippen LogP contribution in [0.2, 0.25) is 0 Å². The van der Waals surface area contributed by atoms with Gasteiger partial charge in [0.25, 0.3) is 0 Å². The van der Waals surface area contributed by atoms with Gasteiger partial charge < -0.3 is 9.67 Å². The molecule has 0 aliphatic heterocycles. The van der Waals surface area contributed by atoms with Crippen LogP contribution in [0.4, 0.5) is 0 Å². The molecule has 0 saturated heterocycles. The summed E-state index contributed by atoms with van der Waals surface area (Å²) in [5.41, 5.74) is 8.52. The average molecular weight is 463 g/mol. The SMILES string of the molecule is CCc1nc2c(C)cc(C)nc2n1Cc1ccc(-c2cc(-c3ccccn3)ccc2C(=O)O)cc1. The summed E-state index contributed by atoms with van der Waals surface area (Å²) in [6.07, 6.45) is 2.55. The summed E-state index contributed by atoms with van der Waals surface area (Å²) in [6.45, 7) is 6.83. The predicted molar refractivity (Wildman–Crippen MR) is 138 cm³/mol. The Morgan fingerprint density at radius 1 is 0.943 bits per heavy atom. The zero-order valence-electron chi connectivity index (χ0n) is 20.0. The molecule has 0 fully saturated rings. The van der Waals surface area contributed by atoms with E-state index in [1.807, 2.05) is 55.5 Å². The fraction of sp³-hybridized carbons (Fsp3) is 0.172. The van der Waals surface area contributed by atoms with Crippen LogP contribution in [0.25, 0.3) is 33.5 Å². The highest BCUT2D eigenvalue weighted by atomic mass is 16.4. The van der Waals surface area contributed by atoms with Gasteiger partial charge in [0.15, 0.2) is 5.65 Å². The Hall–Kier alpha value is -4.32. The van der Waals surface area contributed by atoms with Crippen LogP contribution in [0.15, 0.2) is 72.9 Å². The number of carbonyl (C=O) groups is 1. The van der Waals surface area contributed by atoms with Gasteiger partial charge in [-0.1, -0.05) is 43.3 Å². The average Bonchev–Trinajstić information content (AvgIpc) is 3.22. The third kappa shape index (κ3) is 4.30. The summed E-state index contributed by atoms with van der Waals surface area (Å²) in [5.74, 6) is 0.0486. The molecule has 0 aliphatic carbocycles. The molecule has 0 saturated carbocycles. The second-order valence-corrected chi connectivity index (χ2v) is 8.70. The summed E-state index contributed by atoms with van der Waals surface area (Å²) in [5, 5.41) is 9.78. The Morgan fingerprint density at radius 3 is 2.40 bits per heavy atom. The van der Waals surface area contributed by atoms with Crippen LogP contribution in [0.1, 0.15) is 39.9 Å². The van der Waals surface area contributed by atoms with E-state index >= 15 is 0 Å². The maximum Gasteiger partial charge on any atom is 0.336 e. The minimum absolute atomic E-state index is 0.265. The van der Waals surface area contributed by atoms with Crippen molar-refractivity contribution in [3.05, 3.63) is 101 Å². The third-order valence-electron chi connectivity index (χ3n) is 6.23. The molecule has 2 aromatic carbocycles. The summed E-state index contributed by atoms with van der Waals surface area (Å²) < 4.78 is 2.18. The van der Waals surface area contributed by atoms with Crippen LogP contribution in [0.5, 0.6) is 0 Å². The Labute approximate surface area is 204 Å². The largest absolute Gasteiger partial charge is 0.478 e. The van der Waals surface area contributed by atoms with Gasteiger partial charge in [0.1, 0.15) is 11.3 Å². The van der Waals surface area contributed by atoms with Crippen molar-refractivity contribution in [2.45, 2.75) is 33.7 Å². The smallest absolute Gasteiger partial charge is 0.336 e. The van der Waals surface area contributed by atoms with E-state index in [2.05, 4.69) is 29.5 Å². The van der Waals surface area contributed by atoms with Gasteiger partial charge in [-0.2, -0.15) is 0 Å². The number of carboxylic acid groups (broad SMARTS) is 1. The fourth-order valence-electron chi connectivity index (χ4n) is 4.52. The van der Waals surface area contributed by atoms with Gasteiger partial charge >= 0.3 is 5.97 Å². The van der Waals surface area contributed by atoms with Gasteiger partial charge in [-0.3, -0.25) is 4.98 Å². The Kier molecular flexibility index (Phi) is 5.87. The molecule has 3 heterocycles. The molecule has 6 nitrogen and oxygen atoms in total. The highest BCUT2D eigenvalue weighted by Crippen LogP contribution is 2.30. The van der Waals surface area contributed by atoms with Crippen molar-refractivity contribution in [1.29, 1.82) is 0 Å².